The smallest absolute Gasteiger partial charge is 0.406 e. The zero-order chi connectivity index (χ0) is 34.0. The van der Waals surface area contributed by atoms with Crippen LogP contribution in [0, 0.1) is 11.2 Å². The van der Waals surface area contributed by atoms with Crippen LogP contribution in [0.4, 0.5) is 23.4 Å². The van der Waals surface area contributed by atoms with Crippen molar-refractivity contribution >= 4 is 21.9 Å². The lowest BCUT2D eigenvalue weighted by atomic mass is 9.72. The Balaban J connectivity index is 1.18. The van der Waals surface area contributed by atoms with Gasteiger partial charge in [0.25, 0.3) is 16.1 Å². The normalized spacial score (nSPS) is 21.9. The van der Waals surface area contributed by atoms with Crippen LogP contribution in [0.25, 0.3) is 0 Å². The van der Waals surface area contributed by atoms with Gasteiger partial charge in [0.1, 0.15) is 24.4 Å². The lowest BCUT2D eigenvalue weighted by Gasteiger charge is -2.54. The molecule has 1 spiro atoms. The summed E-state index contributed by atoms with van der Waals surface area (Å²) in [6.07, 6.45) is 1.59. The first-order chi connectivity index (χ1) is 22.2. The van der Waals surface area contributed by atoms with Crippen LogP contribution >= 0.6 is 0 Å². The Hall–Kier alpha value is -3.12. The first-order valence-corrected chi connectivity index (χ1v) is 17.1. The first kappa shape index (κ1) is 35.2. The maximum Gasteiger partial charge on any atom is 0.406 e. The van der Waals surface area contributed by atoms with Gasteiger partial charge < -0.3 is 24.2 Å². The number of hydrogen-bond acceptors (Lipinski definition) is 9. The molecule has 47 heavy (non-hydrogen) atoms. The number of halogens is 4. The molecule has 1 aromatic carbocycles. The van der Waals surface area contributed by atoms with Gasteiger partial charge in [0, 0.05) is 44.2 Å². The monoisotopic (exact) mass is 687 g/mol. The molecule has 3 saturated heterocycles. The predicted molar refractivity (Wildman–Crippen MR) is 165 cm³/mol. The highest BCUT2D eigenvalue weighted by atomic mass is 32.2. The number of hydrogen-bond donors (Lipinski definition) is 2. The molecule has 0 radical (unpaired) electrons. The van der Waals surface area contributed by atoms with Gasteiger partial charge in [-0.15, -0.1) is 0 Å². The summed E-state index contributed by atoms with van der Waals surface area (Å²) in [5.74, 6) is -1.20. The fraction of sp³-hybridized carbons (Fsp3) is 0.633. The van der Waals surface area contributed by atoms with Crippen molar-refractivity contribution in [2.75, 3.05) is 57.8 Å². The third kappa shape index (κ3) is 8.87. The summed E-state index contributed by atoms with van der Waals surface area (Å²) < 4.78 is 94.3. The topological polar surface area (TPSA) is 129 Å². The number of likely N-dealkylation sites (tertiary alicyclic amines) is 1. The van der Waals surface area contributed by atoms with Gasteiger partial charge in [-0.25, -0.2) is 19.1 Å². The Bertz CT molecular complexity index is 1510. The Morgan fingerprint density at radius 1 is 1.19 bits per heavy atom. The van der Waals surface area contributed by atoms with Crippen molar-refractivity contribution in [2.45, 2.75) is 63.9 Å². The van der Waals surface area contributed by atoms with E-state index in [1.165, 1.54) is 39.5 Å². The minimum absolute atomic E-state index is 0.0438. The Morgan fingerprint density at radius 3 is 2.53 bits per heavy atom. The van der Waals surface area contributed by atoms with Gasteiger partial charge in [-0.2, -0.15) is 26.3 Å². The molecule has 1 aromatic heterocycles. The largest absolute Gasteiger partial charge is 0.451 e. The molecule has 3 aliphatic rings. The molecular formula is C30H41F4N7O5S. The lowest BCUT2D eigenvalue weighted by Crippen LogP contribution is -2.61. The van der Waals surface area contributed by atoms with Crippen molar-refractivity contribution in [1.82, 2.24) is 29.2 Å². The molecule has 17 heteroatoms. The van der Waals surface area contributed by atoms with Crippen molar-refractivity contribution in [3.8, 4) is 11.5 Å². The SMILES string of the molecule is CNS(=O)(=O)N[C@@H]1CC[C@@H](CN2CCC3(CC2)CN(c2ncncc2Oc2ccc(F)cc2C(=O)N(CC(F)(F)F)C(C)C)C3)OC1. The molecule has 12 nitrogen and oxygen atoms in total. The van der Waals surface area contributed by atoms with Crippen LogP contribution in [0.2, 0.25) is 0 Å². The number of rotatable bonds is 11. The van der Waals surface area contributed by atoms with Gasteiger partial charge in [0.15, 0.2) is 11.6 Å². The summed E-state index contributed by atoms with van der Waals surface area (Å²) in [6, 6.07) is 2.13. The van der Waals surface area contributed by atoms with E-state index in [0.717, 1.165) is 51.0 Å². The number of carbonyl (C=O) groups is 1. The highest BCUT2D eigenvalue weighted by Gasteiger charge is 2.46. The van der Waals surface area contributed by atoms with E-state index in [1.807, 2.05) is 4.90 Å². The summed E-state index contributed by atoms with van der Waals surface area (Å²) in [4.78, 5) is 26.7. The van der Waals surface area contributed by atoms with Gasteiger partial charge in [-0.1, -0.05) is 0 Å². The fourth-order valence-electron chi connectivity index (χ4n) is 6.38. The average molecular weight is 688 g/mol. The average Bonchev–Trinajstić information content (AvgIpc) is 3.00. The Morgan fingerprint density at radius 2 is 1.91 bits per heavy atom. The zero-order valence-electron chi connectivity index (χ0n) is 26.6. The third-order valence-electron chi connectivity index (χ3n) is 8.98. The number of alkyl halides is 3. The summed E-state index contributed by atoms with van der Waals surface area (Å²) in [5, 5.41) is 0. The van der Waals surface area contributed by atoms with Crippen LogP contribution in [0.1, 0.15) is 49.9 Å². The first-order valence-electron chi connectivity index (χ1n) is 15.6. The van der Waals surface area contributed by atoms with Crippen molar-refractivity contribution < 1.29 is 40.2 Å². The van der Waals surface area contributed by atoms with E-state index in [2.05, 4.69) is 24.3 Å². The van der Waals surface area contributed by atoms with Crippen molar-refractivity contribution in [3.05, 3.63) is 42.1 Å². The van der Waals surface area contributed by atoms with E-state index >= 15 is 0 Å². The number of amides is 1. The molecule has 2 atom stereocenters. The second kappa shape index (κ2) is 14.2. The lowest BCUT2D eigenvalue weighted by molar-refractivity contribution is -0.143. The molecule has 2 N–H and O–H groups in total. The van der Waals surface area contributed by atoms with Crippen LogP contribution in [0.3, 0.4) is 0 Å². The highest BCUT2D eigenvalue weighted by molar-refractivity contribution is 7.87. The molecule has 4 heterocycles. The summed E-state index contributed by atoms with van der Waals surface area (Å²) >= 11 is 0. The quantitative estimate of drug-likeness (QED) is 0.342. The fourth-order valence-corrected chi connectivity index (χ4v) is 7.12. The Kier molecular flexibility index (Phi) is 10.6. The molecule has 260 valence electrons. The molecular weight excluding hydrogens is 646 g/mol. The van der Waals surface area contributed by atoms with Gasteiger partial charge in [-0.3, -0.25) is 4.79 Å². The molecule has 1 amide bonds. The molecule has 3 fully saturated rings. The molecule has 0 saturated carbocycles. The van der Waals surface area contributed by atoms with E-state index in [9.17, 15) is 30.8 Å². The van der Waals surface area contributed by atoms with Gasteiger partial charge >= 0.3 is 6.18 Å². The number of piperidine rings is 1. The molecule has 0 bridgehead atoms. The standard InChI is InChI=1S/C30H41F4N7O5S/c1-20(2)41(18-30(32,33)34)28(42)24-12-21(31)4-7-25(24)46-26-13-36-19-37-27(26)40-16-29(17-40)8-10-39(11-9-29)14-23-6-5-22(15-45-23)38-47(43,44)35-3/h4,7,12-13,19-20,22-23,35,38H,5-6,8-11,14-18H2,1-3H3/t22-,23+/m1/s1. The van der Waals surface area contributed by atoms with Gasteiger partial charge in [-0.05, 0) is 70.8 Å². The highest BCUT2D eigenvalue weighted by Crippen LogP contribution is 2.45. The minimum atomic E-state index is -4.64. The molecule has 3 aliphatic heterocycles. The van der Waals surface area contributed by atoms with E-state index in [1.54, 1.807) is 0 Å². The number of ether oxygens (including phenoxy) is 2. The summed E-state index contributed by atoms with van der Waals surface area (Å²) in [7, 11) is -2.15. The Labute approximate surface area is 272 Å². The molecule has 5 rings (SSSR count). The van der Waals surface area contributed by atoms with Crippen LogP contribution in [-0.4, -0.2) is 111 Å². The molecule has 2 aromatic rings. The number of benzene rings is 1. The molecule has 0 unspecified atom stereocenters. The van der Waals surface area contributed by atoms with Crippen LogP contribution < -0.4 is 19.1 Å². The minimum Gasteiger partial charge on any atom is -0.451 e. The van der Waals surface area contributed by atoms with Crippen molar-refractivity contribution in [3.63, 3.8) is 0 Å². The molecule has 0 aliphatic carbocycles. The van der Waals surface area contributed by atoms with E-state index in [4.69, 9.17) is 9.47 Å². The zero-order valence-corrected chi connectivity index (χ0v) is 27.4. The van der Waals surface area contributed by atoms with Crippen LogP contribution in [-0.2, 0) is 14.9 Å². The maximum atomic E-state index is 14.2. The van der Waals surface area contributed by atoms with Gasteiger partial charge in [0.05, 0.1) is 24.5 Å². The van der Waals surface area contributed by atoms with Crippen LogP contribution in [0.5, 0.6) is 11.5 Å². The second-order valence-electron chi connectivity index (χ2n) is 12.8. The number of anilines is 1. The van der Waals surface area contributed by atoms with E-state index < -0.39 is 40.7 Å². The summed E-state index contributed by atoms with van der Waals surface area (Å²) in [5.41, 5.74) is -0.253. The van der Waals surface area contributed by atoms with Crippen molar-refractivity contribution in [1.29, 1.82) is 0 Å². The third-order valence-corrected chi connectivity index (χ3v) is 10.2. The van der Waals surface area contributed by atoms with Gasteiger partial charge in [0.2, 0.25) is 0 Å². The van der Waals surface area contributed by atoms with Crippen molar-refractivity contribution in [2.24, 2.45) is 5.41 Å². The number of aromatic nitrogens is 2. The number of carbonyl (C=O) groups excluding carboxylic acids is 1. The predicted octanol–water partition coefficient (Wildman–Crippen LogP) is 3.32. The van der Waals surface area contributed by atoms with E-state index in [0.29, 0.717) is 36.8 Å². The maximum absolute atomic E-state index is 14.2. The summed E-state index contributed by atoms with van der Waals surface area (Å²) in [6.45, 7) is 5.74. The van der Waals surface area contributed by atoms with Crippen LogP contribution in [0.15, 0.2) is 30.7 Å². The number of nitrogens with zero attached hydrogens (tertiary/aromatic N) is 5. The number of nitrogens with one attached hydrogen (secondary N) is 2. The second-order valence-corrected chi connectivity index (χ2v) is 14.5. The van der Waals surface area contributed by atoms with E-state index in [-0.39, 0.29) is 34.6 Å².